The highest BCUT2D eigenvalue weighted by molar-refractivity contribution is 5.94. The van der Waals surface area contributed by atoms with Gasteiger partial charge in [0.2, 0.25) is 0 Å². The average Bonchev–Trinajstić information content (AvgIpc) is 2.79. The molecule has 7 nitrogen and oxygen atoms in total. The molecule has 2 aromatic rings. The number of amides is 1. The van der Waals surface area contributed by atoms with Crippen LogP contribution in [-0.4, -0.2) is 78.2 Å². The Morgan fingerprint density at radius 3 is 2.66 bits per heavy atom. The first kappa shape index (κ1) is 19.5. The number of methoxy groups -OCH3 is 1. The number of nitrogens with zero attached hydrogens (tertiary/aromatic N) is 4. The summed E-state index contributed by atoms with van der Waals surface area (Å²) in [6.07, 6.45) is 3.61. The molecule has 2 aliphatic rings. The van der Waals surface area contributed by atoms with Crippen LogP contribution in [0, 0.1) is 0 Å². The van der Waals surface area contributed by atoms with Gasteiger partial charge in [0.05, 0.1) is 12.8 Å². The summed E-state index contributed by atoms with van der Waals surface area (Å²) in [5.41, 5.74) is 1.29. The van der Waals surface area contributed by atoms with Crippen molar-refractivity contribution >= 4 is 11.6 Å². The maximum atomic E-state index is 12.8. The molecular weight excluding hydrogens is 368 g/mol. The first-order chi connectivity index (χ1) is 14.2. The molecule has 0 radical (unpaired) electrons. The van der Waals surface area contributed by atoms with Gasteiger partial charge >= 0.3 is 0 Å². The van der Waals surface area contributed by atoms with Crippen LogP contribution in [0.15, 0.2) is 42.6 Å². The molecule has 0 aliphatic carbocycles. The van der Waals surface area contributed by atoms with Crippen LogP contribution in [0.2, 0.25) is 0 Å². The minimum atomic E-state index is -0.180. The van der Waals surface area contributed by atoms with Crippen LogP contribution in [0.25, 0.3) is 0 Å². The van der Waals surface area contributed by atoms with Gasteiger partial charge in [-0.2, -0.15) is 0 Å². The van der Waals surface area contributed by atoms with E-state index in [1.807, 2.05) is 23.1 Å². The molecule has 0 saturated carbocycles. The predicted molar refractivity (Wildman–Crippen MR) is 112 cm³/mol. The highest BCUT2D eigenvalue weighted by Gasteiger charge is 2.31. The summed E-state index contributed by atoms with van der Waals surface area (Å²) in [7, 11) is 1.71. The number of likely N-dealkylation sites (tertiary alicyclic amines) is 1. The Labute approximate surface area is 171 Å². The lowest BCUT2D eigenvalue weighted by Gasteiger charge is -2.44. The Morgan fingerprint density at radius 1 is 1.10 bits per heavy atom. The number of piperazine rings is 1. The Bertz CT molecular complexity index is 851. The molecule has 2 fully saturated rings. The fourth-order valence-electron chi connectivity index (χ4n) is 4.37. The summed E-state index contributed by atoms with van der Waals surface area (Å²) in [6.45, 7) is 5.19. The summed E-state index contributed by atoms with van der Waals surface area (Å²) in [6, 6.07) is 11.6. The smallest absolute Gasteiger partial charge is 0.276 e. The topological polar surface area (TPSA) is 69.1 Å². The number of rotatable bonds is 4. The van der Waals surface area contributed by atoms with Crippen molar-refractivity contribution in [2.24, 2.45) is 0 Å². The number of carbonyl (C=O) groups is 1. The van der Waals surface area contributed by atoms with Crippen LogP contribution in [0.4, 0.5) is 5.69 Å². The van der Waals surface area contributed by atoms with Gasteiger partial charge in [0.1, 0.15) is 11.5 Å². The van der Waals surface area contributed by atoms with E-state index in [1.54, 1.807) is 19.4 Å². The molecule has 29 heavy (non-hydrogen) atoms. The van der Waals surface area contributed by atoms with Gasteiger partial charge < -0.3 is 19.6 Å². The van der Waals surface area contributed by atoms with Crippen molar-refractivity contribution in [3.63, 3.8) is 0 Å². The van der Waals surface area contributed by atoms with Gasteiger partial charge in [-0.15, -0.1) is 0 Å². The van der Waals surface area contributed by atoms with Gasteiger partial charge in [-0.05, 0) is 37.1 Å². The predicted octanol–water partition coefficient (Wildman–Crippen LogP) is 2.22. The Morgan fingerprint density at radius 2 is 1.90 bits per heavy atom. The SMILES string of the molecule is COc1ccccc1N1CCN([C@@H]2CCCN(C(=O)c3ncccc3O)C2)CC1. The van der Waals surface area contributed by atoms with Gasteiger partial charge in [0.15, 0.2) is 5.69 Å². The number of benzene rings is 1. The zero-order valence-corrected chi connectivity index (χ0v) is 16.8. The summed E-state index contributed by atoms with van der Waals surface area (Å²) >= 11 is 0. The molecule has 2 saturated heterocycles. The number of piperidine rings is 1. The molecule has 4 rings (SSSR count). The average molecular weight is 396 g/mol. The Hall–Kier alpha value is -2.80. The number of carbonyl (C=O) groups excluding carboxylic acids is 1. The second-order valence-electron chi connectivity index (χ2n) is 7.61. The number of hydrogen-bond donors (Lipinski definition) is 1. The number of pyridine rings is 1. The third kappa shape index (κ3) is 4.15. The van der Waals surface area contributed by atoms with Gasteiger partial charge in [0.25, 0.3) is 5.91 Å². The standard InChI is InChI=1S/C22H28N4O3/c1-29-20-9-3-2-7-18(20)25-14-12-24(13-15-25)17-6-5-11-26(16-17)22(28)21-19(27)8-4-10-23-21/h2-4,7-10,17,27H,5-6,11-16H2,1H3/t17-/m1/s1. The van der Waals surface area contributed by atoms with E-state index in [-0.39, 0.29) is 17.4 Å². The van der Waals surface area contributed by atoms with Crippen molar-refractivity contribution in [2.45, 2.75) is 18.9 Å². The number of para-hydroxylation sites is 2. The number of anilines is 1. The lowest BCUT2D eigenvalue weighted by molar-refractivity contribution is 0.0555. The lowest BCUT2D eigenvalue weighted by Crippen LogP contribution is -2.56. The molecule has 1 amide bonds. The molecule has 0 spiro atoms. The Balaban J connectivity index is 1.38. The zero-order chi connectivity index (χ0) is 20.2. The molecule has 1 aromatic carbocycles. The molecule has 0 unspecified atom stereocenters. The molecule has 154 valence electrons. The van der Waals surface area contributed by atoms with E-state index in [2.05, 4.69) is 20.9 Å². The minimum Gasteiger partial charge on any atom is -0.505 e. The maximum Gasteiger partial charge on any atom is 0.276 e. The monoisotopic (exact) mass is 396 g/mol. The largest absolute Gasteiger partial charge is 0.505 e. The van der Waals surface area contributed by atoms with E-state index < -0.39 is 0 Å². The number of ether oxygens (including phenoxy) is 1. The van der Waals surface area contributed by atoms with Crippen LogP contribution in [0.3, 0.4) is 0 Å². The first-order valence-electron chi connectivity index (χ1n) is 10.2. The second kappa shape index (κ2) is 8.69. The van der Waals surface area contributed by atoms with Gasteiger partial charge in [-0.25, -0.2) is 4.98 Å². The molecule has 1 atom stereocenters. The summed E-state index contributed by atoms with van der Waals surface area (Å²) in [5.74, 6) is 0.677. The van der Waals surface area contributed by atoms with E-state index in [4.69, 9.17) is 4.74 Å². The van der Waals surface area contributed by atoms with Crippen LogP contribution in [-0.2, 0) is 0 Å². The summed E-state index contributed by atoms with van der Waals surface area (Å²) < 4.78 is 5.51. The zero-order valence-electron chi connectivity index (χ0n) is 16.8. The van der Waals surface area contributed by atoms with E-state index in [0.717, 1.165) is 50.5 Å². The molecule has 3 heterocycles. The van der Waals surface area contributed by atoms with E-state index in [1.165, 1.54) is 6.07 Å². The van der Waals surface area contributed by atoms with Crippen LogP contribution in [0.1, 0.15) is 23.3 Å². The fourth-order valence-corrected chi connectivity index (χ4v) is 4.37. The normalized spacial score (nSPS) is 20.5. The van der Waals surface area contributed by atoms with Gasteiger partial charge in [-0.3, -0.25) is 9.69 Å². The molecule has 0 bridgehead atoms. The van der Waals surface area contributed by atoms with Crippen molar-refractivity contribution in [3.05, 3.63) is 48.3 Å². The highest BCUT2D eigenvalue weighted by Crippen LogP contribution is 2.29. The fraction of sp³-hybridized carbons (Fsp3) is 0.455. The van der Waals surface area contributed by atoms with E-state index >= 15 is 0 Å². The maximum absolute atomic E-state index is 12.8. The minimum absolute atomic E-state index is 0.0509. The summed E-state index contributed by atoms with van der Waals surface area (Å²) in [4.78, 5) is 23.6. The third-order valence-electron chi connectivity index (χ3n) is 5.93. The van der Waals surface area contributed by atoms with E-state index in [0.29, 0.717) is 19.1 Å². The Kier molecular flexibility index (Phi) is 5.85. The molecule has 2 aliphatic heterocycles. The third-order valence-corrected chi connectivity index (χ3v) is 5.93. The van der Waals surface area contributed by atoms with Gasteiger partial charge in [0, 0.05) is 51.5 Å². The van der Waals surface area contributed by atoms with Gasteiger partial charge in [-0.1, -0.05) is 12.1 Å². The van der Waals surface area contributed by atoms with Crippen molar-refractivity contribution < 1.29 is 14.6 Å². The van der Waals surface area contributed by atoms with Crippen molar-refractivity contribution in [1.29, 1.82) is 0 Å². The van der Waals surface area contributed by atoms with E-state index in [9.17, 15) is 9.90 Å². The van der Waals surface area contributed by atoms with Crippen molar-refractivity contribution in [1.82, 2.24) is 14.8 Å². The molecule has 7 heteroatoms. The number of aromatic nitrogens is 1. The second-order valence-corrected chi connectivity index (χ2v) is 7.61. The molecular formula is C22H28N4O3. The van der Waals surface area contributed by atoms with Crippen molar-refractivity contribution in [3.8, 4) is 11.5 Å². The quantitative estimate of drug-likeness (QED) is 0.855. The lowest BCUT2D eigenvalue weighted by atomic mass is 10.0. The molecule has 1 aromatic heterocycles. The highest BCUT2D eigenvalue weighted by atomic mass is 16.5. The van der Waals surface area contributed by atoms with Crippen LogP contribution >= 0.6 is 0 Å². The van der Waals surface area contributed by atoms with Crippen molar-refractivity contribution in [2.75, 3.05) is 51.3 Å². The molecule has 1 N–H and O–H groups in total. The number of aromatic hydroxyl groups is 1. The first-order valence-corrected chi connectivity index (χ1v) is 10.2. The van der Waals surface area contributed by atoms with Crippen LogP contribution < -0.4 is 9.64 Å². The number of hydrogen-bond acceptors (Lipinski definition) is 6. The van der Waals surface area contributed by atoms with Crippen LogP contribution in [0.5, 0.6) is 11.5 Å². The summed E-state index contributed by atoms with van der Waals surface area (Å²) in [5, 5.41) is 9.97.